The SMILES string of the molecule is C.CC.CC.[B].c1ccccc1. The molecule has 3 radical (unpaired) electrons. The molecule has 0 spiro atoms. The van der Waals surface area contributed by atoms with Gasteiger partial charge in [0, 0.05) is 8.41 Å². The highest BCUT2D eigenvalue weighted by atomic mass is 13.6. The fourth-order valence-corrected chi connectivity index (χ4v) is 0.385. The molecule has 0 bridgehead atoms. The third-order valence-electron chi connectivity index (χ3n) is 0.667. The minimum absolute atomic E-state index is 0. The maximum Gasteiger partial charge on any atom is 0 e. The van der Waals surface area contributed by atoms with Gasteiger partial charge in [0.15, 0.2) is 0 Å². The maximum absolute atomic E-state index is 2.00. The van der Waals surface area contributed by atoms with Gasteiger partial charge < -0.3 is 0 Å². The molecule has 0 nitrogen and oxygen atoms in total. The second-order valence-electron chi connectivity index (χ2n) is 1.15. The first-order valence-electron chi connectivity index (χ1n) is 4.00. The Morgan fingerprint density at radius 3 is 0.667 bits per heavy atom. The quantitative estimate of drug-likeness (QED) is 0.510. The lowest BCUT2D eigenvalue weighted by Crippen LogP contribution is -1.47. The maximum atomic E-state index is 2.00. The lowest BCUT2D eigenvalue weighted by Gasteiger charge is -1.69. The largest absolute Gasteiger partial charge is 0.0776 e. The Morgan fingerprint density at radius 1 is 0.500 bits per heavy atom. The molecule has 0 saturated carbocycles. The summed E-state index contributed by atoms with van der Waals surface area (Å²) in [5.41, 5.74) is 0. The van der Waals surface area contributed by atoms with Gasteiger partial charge >= 0.3 is 0 Å². The molecule has 0 amide bonds. The van der Waals surface area contributed by atoms with Crippen molar-refractivity contribution in [3.05, 3.63) is 36.4 Å². The third-order valence-corrected chi connectivity index (χ3v) is 0.667. The summed E-state index contributed by atoms with van der Waals surface area (Å²) in [5.74, 6) is 0. The van der Waals surface area contributed by atoms with E-state index in [0.29, 0.717) is 0 Å². The van der Waals surface area contributed by atoms with Crippen molar-refractivity contribution >= 4 is 8.41 Å². The van der Waals surface area contributed by atoms with Crippen molar-refractivity contribution in [3.63, 3.8) is 0 Å². The van der Waals surface area contributed by atoms with Gasteiger partial charge in [-0.3, -0.25) is 0 Å². The van der Waals surface area contributed by atoms with Gasteiger partial charge in [0.2, 0.25) is 0 Å². The molecule has 0 heterocycles. The van der Waals surface area contributed by atoms with Crippen LogP contribution in [-0.2, 0) is 0 Å². The summed E-state index contributed by atoms with van der Waals surface area (Å²) in [5, 5.41) is 0. The average molecular weight is 165 g/mol. The molecule has 69 valence electrons. The van der Waals surface area contributed by atoms with E-state index in [2.05, 4.69) is 0 Å². The molecular weight excluding hydrogens is 143 g/mol. The van der Waals surface area contributed by atoms with Crippen molar-refractivity contribution in [2.45, 2.75) is 35.1 Å². The van der Waals surface area contributed by atoms with Crippen molar-refractivity contribution in [3.8, 4) is 0 Å². The molecule has 1 aromatic rings. The summed E-state index contributed by atoms with van der Waals surface area (Å²) in [7, 11) is 0. The van der Waals surface area contributed by atoms with Crippen LogP contribution >= 0.6 is 0 Å². The Labute approximate surface area is 80.6 Å². The van der Waals surface area contributed by atoms with Crippen LogP contribution in [0.15, 0.2) is 36.4 Å². The van der Waals surface area contributed by atoms with E-state index in [9.17, 15) is 0 Å². The van der Waals surface area contributed by atoms with E-state index in [-0.39, 0.29) is 15.8 Å². The van der Waals surface area contributed by atoms with Gasteiger partial charge in [0.05, 0.1) is 0 Å². The lowest BCUT2D eigenvalue weighted by molar-refractivity contribution is 1.50. The van der Waals surface area contributed by atoms with E-state index < -0.39 is 0 Å². The molecule has 0 aliphatic heterocycles. The smallest absolute Gasteiger partial charge is 0 e. The van der Waals surface area contributed by atoms with Gasteiger partial charge in [-0.15, -0.1) is 0 Å². The third kappa shape index (κ3) is 22.8. The molecule has 0 fully saturated rings. The topological polar surface area (TPSA) is 0 Å². The Bertz CT molecular complexity index is 76.9. The van der Waals surface area contributed by atoms with Crippen LogP contribution in [0.1, 0.15) is 35.1 Å². The van der Waals surface area contributed by atoms with Crippen LogP contribution in [0.2, 0.25) is 0 Å². The van der Waals surface area contributed by atoms with Crippen molar-refractivity contribution < 1.29 is 0 Å². The van der Waals surface area contributed by atoms with Crippen LogP contribution in [0, 0.1) is 0 Å². The summed E-state index contributed by atoms with van der Waals surface area (Å²) >= 11 is 0. The van der Waals surface area contributed by atoms with Gasteiger partial charge in [-0.25, -0.2) is 0 Å². The first kappa shape index (κ1) is 22.5. The molecule has 0 saturated heterocycles. The minimum atomic E-state index is 0. The summed E-state index contributed by atoms with van der Waals surface area (Å²) in [6, 6.07) is 12.0. The van der Waals surface area contributed by atoms with Crippen molar-refractivity contribution in [2.24, 2.45) is 0 Å². The molecule has 0 aromatic heterocycles. The van der Waals surface area contributed by atoms with E-state index in [0.717, 1.165) is 0 Å². The van der Waals surface area contributed by atoms with Gasteiger partial charge in [-0.05, 0) is 0 Å². The van der Waals surface area contributed by atoms with E-state index >= 15 is 0 Å². The molecule has 0 aliphatic rings. The number of rotatable bonds is 0. The first-order chi connectivity index (χ1) is 5.00. The molecule has 12 heavy (non-hydrogen) atoms. The fraction of sp³-hybridized carbons (Fsp3) is 0.455. The highest BCUT2D eigenvalue weighted by molar-refractivity contribution is 5.75. The molecular formula is C11H22B. The van der Waals surface area contributed by atoms with E-state index in [1.165, 1.54) is 0 Å². The molecule has 0 aliphatic carbocycles. The van der Waals surface area contributed by atoms with Gasteiger partial charge in [-0.2, -0.15) is 0 Å². The predicted molar refractivity (Wildman–Crippen MR) is 61.6 cm³/mol. The lowest BCUT2D eigenvalue weighted by atomic mass is 10.4. The van der Waals surface area contributed by atoms with Gasteiger partial charge in [0.1, 0.15) is 0 Å². The van der Waals surface area contributed by atoms with Gasteiger partial charge in [-0.1, -0.05) is 71.5 Å². The van der Waals surface area contributed by atoms with Crippen LogP contribution in [0.25, 0.3) is 0 Å². The highest BCUT2D eigenvalue weighted by Gasteiger charge is 1.57. The second-order valence-corrected chi connectivity index (χ2v) is 1.15. The van der Waals surface area contributed by atoms with Crippen LogP contribution in [0.5, 0.6) is 0 Å². The zero-order valence-corrected chi connectivity index (χ0v) is 8.04. The molecule has 1 heteroatoms. The standard InChI is InChI=1S/C6H6.2C2H6.CH4.B/c1-2-4-6-5-3-1;2*1-2;;/h1-6H;2*1-2H3;1H4;. The fourth-order valence-electron chi connectivity index (χ4n) is 0.385. The van der Waals surface area contributed by atoms with Crippen LogP contribution in [0.4, 0.5) is 0 Å². The molecule has 0 unspecified atom stereocenters. The first-order valence-corrected chi connectivity index (χ1v) is 4.00. The Hall–Kier alpha value is -0.715. The summed E-state index contributed by atoms with van der Waals surface area (Å²) < 4.78 is 0. The average Bonchev–Trinajstić information content (AvgIpc) is 2.14. The molecule has 0 atom stereocenters. The highest BCUT2D eigenvalue weighted by Crippen LogP contribution is 1.79. The molecule has 1 aromatic carbocycles. The zero-order chi connectivity index (χ0) is 8.24. The van der Waals surface area contributed by atoms with Crippen LogP contribution in [-0.4, -0.2) is 8.41 Å². The number of hydrogen-bond acceptors (Lipinski definition) is 0. The summed E-state index contributed by atoms with van der Waals surface area (Å²) in [6.07, 6.45) is 0. The monoisotopic (exact) mass is 165 g/mol. The second kappa shape index (κ2) is 31.7. The Balaban J connectivity index is -0.0000000480. The predicted octanol–water partition coefficient (Wildman–Crippen LogP) is 3.99. The Morgan fingerprint density at radius 2 is 0.583 bits per heavy atom. The Kier molecular flexibility index (Phi) is 59.5. The van der Waals surface area contributed by atoms with Gasteiger partial charge in [0.25, 0.3) is 0 Å². The summed E-state index contributed by atoms with van der Waals surface area (Å²) in [6.45, 7) is 8.00. The minimum Gasteiger partial charge on any atom is -0.0776 e. The van der Waals surface area contributed by atoms with E-state index in [1.807, 2.05) is 64.1 Å². The normalized spacial score (nSPS) is 5.00. The van der Waals surface area contributed by atoms with Crippen LogP contribution < -0.4 is 0 Å². The van der Waals surface area contributed by atoms with E-state index in [4.69, 9.17) is 0 Å². The van der Waals surface area contributed by atoms with Crippen molar-refractivity contribution in [1.82, 2.24) is 0 Å². The zero-order valence-electron chi connectivity index (χ0n) is 8.04. The van der Waals surface area contributed by atoms with Crippen molar-refractivity contribution in [1.29, 1.82) is 0 Å². The van der Waals surface area contributed by atoms with Crippen LogP contribution in [0.3, 0.4) is 0 Å². The number of benzene rings is 1. The molecule has 1 rings (SSSR count). The van der Waals surface area contributed by atoms with Crippen molar-refractivity contribution in [2.75, 3.05) is 0 Å². The van der Waals surface area contributed by atoms with E-state index in [1.54, 1.807) is 0 Å². The summed E-state index contributed by atoms with van der Waals surface area (Å²) in [4.78, 5) is 0. The molecule has 0 N–H and O–H groups in total. The number of hydrogen-bond donors (Lipinski definition) is 0.